The SMILES string of the molecule is C[Si](C)(C)NO[Si](C)(C)CO[Si](C)(C)C. The third-order valence-corrected chi connectivity index (χ3v) is 5.20. The van der Waals surface area contributed by atoms with Gasteiger partial charge in [-0.3, -0.25) is 0 Å². The lowest BCUT2D eigenvalue weighted by molar-refractivity contribution is 0.227. The van der Waals surface area contributed by atoms with Crippen LogP contribution in [0.15, 0.2) is 0 Å². The van der Waals surface area contributed by atoms with E-state index in [4.69, 9.17) is 8.95 Å². The zero-order valence-electron chi connectivity index (χ0n) is 11.5. The van der Waals surface area contributed by atoms with Gasteiger partial charge in [-0.2, -0.15) is 0 Å². The Balaban J connectivity index is 3.98. The van der Waals surface area contributed by atoms with Crippen LogP contribution in [0.1, 0.15) is 0 Å². The van der Waals surface area contributed by atoms with E-state index in [1.165, 1.54) is 0 Å². The Bertz CT molecular complexity index is 177. The Kier molecular flexibility index (Phi) is 5.43. The highest BCUT2D eigenvalue weighted by molar-refractivity contribution is 6.76. The van der Waals surface area contributed by atoms with E-state index in [0.717, 1.165) is 6.23 Å². The zero-order valence-corrected chi connectivity index (χ0v) is 14.5. The van der Waals surface area contributed by atoms with Crippen molar-refractivity contribution in [3.63, 3.8) is 0 Å². The van der Waals surface area contributed by atoms with Gasteiger partial charge in [0, 0.05) is 0 Å². The van der Waals surface area contributed by atoms with Crippen LogP contribution in [0.2, 0.25) is 52.4 Å². The molecule has 6 heteroatoms. The maximum absolute atomic E-state index is 5.91. The first kappa shape index (κ1) is 15.5. The minimum absolute atomic E-state index is 0.792. The smallest absolute Gasteiger partial charge is 0.237 e. The summed E-state index contributed by atoms with van der Waals surface area (Å²) >= 11 is 0. The molecule has 0 aliphatic rings. The van der Waals surface area contributed by atoms with Crippen molar-refractivity contribution in [2.45, 2.75) is 52.4 Å². The second-order valence-electron chi connectivity index (χ2n) is 6.61. The molecule has 0 unspecified atom stereocenters. The van der Waals surface area contributed by atoms with Crippen molar-refractivity contribution in [1.82, 2.24) is 5.15 Å². The van der Waals surface area contributed by atoms with Crippen LogP contribution in [-0.2, 0) is 8.95 Å². The number of nitrogens with one attached hydrogen (secondary N) is 1. The summed E-state index contributed by atoms with van der Waals surface area (Å²) in [5.41, 5.74) is 0. The molecule has 0 heterocycles. The van der Waals surface area contributed by atoms with E-state index in [2.05, 4.69) is 57.5 Å². The Morgan fingerprint density at radius 3 is 1.67 bits per heavy atom. The van der Waals surface area contributed by atoms with Crippen molar-refractivity contribution in [2.24, 2.45) is 0 Å². The van der Waals surface area contributed by atoms with Crippen molar-refractivity contribution in [1.29, 1.82) is 0 Å². The first-order valence-electron chi connectivity index (χ1n) is 5.50. The molecular weight excluding hydrogens is 238 g/mol. The first-order chi connectivity index (χ1) is 6.41. The van der Waals surface area contributed by atoms with Crippen LogP contribution < -0.4 is 5.15 Å². The van der Waals surface area contributed by atoms with Crippen molar-refractivity contribution >= 4 is 24.9 Å². The van der Waals surface area contributed by atoms with E-state index in [9.17, 15) is 0 Å². The fourth-order valence-electron chi connectivity index (χ4n) is 0.711. The normalized spacial score (nSPS) is 14.4. The van der Waals surface area contributed by atoms with Gasteiger partial charge in [0.1, 0.15) is 8.24 Å². The second kappa shape index (κ2) is 5.24. The molecule has 0 rings (SSSR count). The third-order valence-electron chi connectivity index (χ3n) is 1.49. The molecule has 0 spiro atoms. The summed E-state index contributed by atoms with van der Waals surface area (Å²) in [6, 6.07) is 0. The van der Waals surface area contributed by atoms with Crippen molar-refractivity contribution in [3.8, 4) is 0 Å². The van der Waals surface area contributed by atoms with Gasteiger partial charge in [-0.05, 0) is 32.7 Å². The number of hydrogen-bond donors (Lipinski definition) is 1. The van der Waals surface area contributed by atoms with E-state index < -0.39 is 24.9 Å². The summed E-state index contributed by atoms with van der Waals surface area (Å²) in [5.74, 6) is 0. The molecule has 1 N–H and O–H groups in total. The highest BCUT2D eigenvalue weighted by atomic mass is 28.4. The van der Waals surface area contributed by atoms with Crippen LogP contribution in [0, 0.1) is 0 Å². The standard InChI is InChI=1S/C9H27NO2Si3/c1-13(2,3)10-12-15(7,8)9-11-14(4,5)6/h10H,9H2,1-8H3. The molecule has 0 radical (unpaired) electrons. The van der Waals surface area contributed by atoms with Crippen LogP contribution in [0.4, 0.5) is 0 Å². The summed E-state index contributed by atoms with van der Waals surface area (Å²) in [7, 11) is -4.41. The van der Waals surface area contributed by atoms with E-state index in [1.807, 2.05) is 0 Å². The summed E-state index contributed by atoms with van der Waals surface area (Å²) in [6.07, 6.45) is 0.792. The van der Waals surface area contributed by atoms with Gasteiger partial charge in [-0.25, -0.2) is 5.15 Å². The summed E-state index contributed by atoms with van der Waals surface area (Å²) in [6.45, 7) is 17.7. The molecule has 15 heavy (non-hydrogen) atoms. The molecule has 0 aliphatic heterocycles. The first-order valence-corrected chi connectivity index (χ1v) is 15.5. The average molecular weight is 266 g/mol. The van der Waals surface area contributed by atoms with Gasteiger partial charge in [0.05, 0.1) is 6.23 Å². The lowest BCUT2D eigenvalue weighted by Crippen LogP contribution is -2.52. The highest BCUT2D eigenvalue weighted by Gasteiger charge is 2.29. The Labute approximate surface area is 97.9 Å². The molecule has 0 bridgehead atoms. The van der Waals surface area contributed by atoms with Gasteiger partial charge in [0.15, 0.2) is 8.32 Å². The summed E-state index contributed by atoms with van der Waals surface area (Å²) in [5, 5.41) is 3.23. The predicted octanol–water partition coefficient (Wildman–Crippen LogP) is 2.94. The quantitative estimate of drug-likeness (QED) is 0.592. The van der Waals surface area contributed by atoms with Crippen molar-refractivity contribution in [3.05, 3.63) is 0 Å². The molecule has 0 atom stereocenters. The molecule has 0 aromatic carbocycles. The molecule has 0 aromatic rings. The molecule has 0 aliphatic carbocycles. The van der Waals surface area contributed by atoms with Gasteiger partial charge < -0.3 is 8.95 Å². The van der Waals surface area contributed by atoms with Crippen LogP contribution in [0.3, 0.4) is 0 Å². The van der Waals surface area contributed by atoms with Crippen LogP contribution in [0.5, 0.6) is 0 Å². The molecule has 0 fully saturated rings. The lowest BCUT2D eigenvalue weighted by atomic mass is 11.7. The van der Waals surface area contributed by atoms with Gasteiger partial charge in [-0.15, -0.1) is 0 Å². The zero-order chi connectivity index (χ0) is 12.3. The van der Waals surface area contributed by atoms with Crippen LogP contribution in [-0.4, -0.2) is 31.1 Å². The highest BCUT2D eigenvalue weighted by Crippen LogP contribution is 2.10. The fraction of sp³-hybridized carbons (Fsp3) is 1.00. The Morgan fingerprint density at radius 1 is 0.867 bits per heavy atom. The van der Waals surface area contributed by atoms with E-state index in [1.54, 1.807) is 0 Å². The molecule has 3 nitrogen and oxygen atoms in total. The van der Waals surface area contributed by atoms with Gasteiger partial charge >= 0.3 is 0 Å². The topological polar surface area (TPSA) is 30.5 Å². The van der Waals surface area contributed by atoms with Crippen LogP contribution >= 0.6 is 0 Å². The molecular formula is C9H27NO2Si3. The minimum atomic E-state index is -1.69. The lowest BCUT2D eigenvalue weighted by Gasteiger charge is -2.30. The van der Waals surface area contributed by atoms with Gasteiger partial charge in [-0.1, -0.05) is 19.6 Å². The molecule has 0 aromatic heterocycles. The largest absolute Gasteiger partial charge is 0.418 e. The van der Waals surface area contributed by atoms with Crippen LogP contribution in [0.25, 0.3) is 0 Å². The fourth-order valence-corrected chi connectivity index (χ4v) is 6.22. The molecule has 0 saturated carbocycles. The second-order valence-corrected chi connectivity index (χ2v) is 19.8. The van der Waals surface area contributed by atoms with E-state index in [-0.39, 0.29) is 0 Å². The monoisotopic (exact) mass is 265 g/mol. The molecule has 0 saturated heterocycles. The minimum Gasteiger partial charge on any atom is -0.418 e. The molecule has 0 amide bonds. The Morgan fingerprint density at radius 2 is 1.33 bits per heavy atom. The average Bonchev–Trinajstić information content (AvgIpc) is 1.96. The van der Waals surface area contributed by atoms with E-state index in [0.29, 0.717) is 0 Å². The third kappa shape index (κ3) is 10.8. The van der Waals surface area contributed by atoms with E-state index >= 15 is 0 Å². The molecule has 92 valence electrons. The number of rotatable bonds is 6. The maximum Gasteiger partial charge on any atom is 0.237 e. The van der Waals surface area contributed by atoms with Crippen molar-refractivity contribution < 1.29 is 8.95 Å². The number of hydrogen-bond acceptors (Lipinski definition) is 3. The van der Waals surface area contributed by atoms with Crippen molar-refractivity contribution in [2.75, 3.05) is 6.23 Å². The van der Waals surface area contributed by atoms with Gasteiger partial charge in [0.25, 0.3) is 0 Å². The summed E-state index contributed by atoms with van der Waals surface area (Å²) < 4.78 is 11.7. The maximum atomic E-state index is 5.91. The predicted molar refractivity (Wildman–Crippen MR) is 74.3 cm³/mol. The van der Waals surface area contributed by atoms with Gasteiger partial charge in [0.2, 0.25) is 8.32 Å². The summed E-state index contributed by atoms with van der Waals surface area (Å²) in [4.78, 5) is 0. The Hall–Kier alpha value is 0.531.